The molecule has 0 radical (unpaired) electrons. The number of aromatic hydroxyl groups is 2. The second-order valence-electron chi connectivity index (χ2n) is 10.4. The first kappa shape index (κ1) is 29.4. The Morgan fingerprint density at radius 3 is 2.23 bits per heavy atom. The molecule has 0 aromatic heterocycles. The summed E-state index contributed by atoms with van der Waals surface area (Å²) in [6.45, 7) is 8.09. The fourth-order valence-electron chi connectivity index (χ4n) is 4.81. The summed E-state index contributed by atoms with van der Waals surface area (Å²) in [6.07, 6.45) is 10.8. The lowest BCUT2D eigenvalue weighted by Crippen LogP contribution is -2.19. The van der Waals surface area contributed by atoms with Gasteiger partial charge in [0.05, 0.1) is 18.2 Å². The van der Waals surface area contributed by atoms with Crippen molar-refractivity contribution in [3.63, 3.8) is 0 Å². The molecule has 0 bridgehead atoms. The molecule has 0 aliphatic heterocycles. The Hall–Kier alpha value is -4.19. The molecule has 0 saturated heterocycles. The van der Waals surface area contributed by atoms with Crippen LogP contribution in [0, 0.1) is 5.41 Å². The fourth-order valence-corrected chi connectivity index (χ4v) is 4.81. The van der Waals surface area contributed by atoms with E-state index in [1.807, 2.05) is 6.08 Å². The van der Waals surface area contributed by atoms with Crippen molar-refractivity contribution >= 4 is 29.5 Å². The molecule has 6 nitrogen and oxygen atoms in total. The highest BCUT2D eigenvalue weighted by atomic mass is 16.5. The van der Waals surface area contributed by atoms with E-state index in [2.05, 4.69) is 20.8 Å². The lowest BCUT2D eigenvalue weighted by atomic mass is 9.72. The van der Waals surface area contributed by atoms with Crippen molar-refractivity contribution in [2.75, 3.05) is 7.11 Å². The first-order valence-corrected chi connectivity index (χ1v) is 13.1. The number of carbonyl (C=O) groups is 3. The van der Waals surface area contributed by atoms with Crippen LogP contribution >= 0.6 is 0 Å². The maximum absolute atomic E-state index is 13.4. The molecule has 0 fully saturated rings. The van der Waals surface area contributed by atoms with E-state index in [-0.39, 0.29) is 46.0 Å². The SMILES string of the molecule is CCC(=O)c1cc(C=CC(=O)C(=Cc2ccc(O)c(OC)c2)C(=O)C=CC2=C(C)CCCC2(C)C)ccc1O. The van der Waals surface area contributed by atoms with Crippen molar-refractivity contribution in [3.8, 4) is 17.2 Å². The number of allylic oxidation sites excluding steroid dienone is 6. The van der Waals surface area contributed by atoms with E-state index in [1.165, 1.54) is 55.2 Å². The summed E-state index contributed by atoms with van der Waals surface area (Å²) in [6, 6.07) is 9.07. The highest BCUT2D eigenvalue weighted by Crippen LogP contribution is 2.40. The molecule has 204 valence electrons. The number of rotatable bonds is 10. The number of methoxy groups -OCH3 is 1. The Labute approximate surface area is 230 Å². The van der Waals surface area contributed by atoms with Gasteiger partial charge in [0.2, 0.25) is 0 Å². The van der Waals surface area contributed by atoms with Gasteiger partial charge >= 0.3 is 0 Å². The lowest BCUT2D eigenvalue weighted by molar-refractivity contribution is -0.116. The van der Waals surface area contributed by atoms with E-state index < -0.39 is 11.6 Å². The van der Waals surface area contributed by atoms with Crippen LogP contribution in [0.5, 0.6) is 17.2 Å². The number of hydrogen-bond acceptors (Lipinski definition) is 6. The third-order valence-corrected chi connectivity index (χ3v) is 7.06. The summed E-state index contributed by atoms with van der Waals surface area (Å²) >= 11 is 0. The van der Waals surface area contributed by atoms with Gasteiger partial charge in [0.25, 0.3) is 0 Å². The number of phenolic OH excluding ortho intramolecular Hbond substituents is 2. The van der Waals surface area contributed by atoms with E-state index in [9.17, 15) is 24.6 Å². The minimum atomic E-state index is -0.526. The highest BCUT2D eigenvalue weighted by molar-refractivity contribution is 6.30. The summed E-state index contributed by atoms with van der Waals surface area (Å²) < 4.78 is 5.17. The van der Waals surface area contributed by atoms with Crippen molar-refractivity contribution in [2.45, 2.75) is 53.4 Å². The topological polar surface area (TPSA) is 101 Å². The highest BCUT2D eigenvalue weighted by Gasteiger charge is 2.27. The second-order valence-corrected chi connectivity index (χ2v) is 10.4. The number of hydrogen-bond donors (Lipinski definition) is 2. The molecule has 2 aromatic rings. The van der Waals surface area contributed by atoms with Crippen LogP contribution in [0.4, 0.5) is 0 Å². The number of carbonyl (C=O) groups excluding carboxylic acids is 3. The van der Waals surface area contributed by atoms with Crippen LogP contribution in [0.3, 0.4) is 0 Å². The molecule has 1 aliphatic carbocycles. The van der Waals surface area contributed by atoms with Gasteiger partial charge in [0.1, 0.15) is 5.75 Å². The zero-order chi connectivity index (χ0) is 28.7. The Kier molecular flexibility index (Phi) is 9.47. The molecule has 0 saturated carbocycles. The van der Waals surface area contributed by atoms with Crippen LogP contribution in [0.1, 0.15) is 74.9 Å². The van der Waals surface area contributed by atoms with Gasteiger partial charge in [0, 0.05) is 6.42 Å². The largest absolute Gasteiger partial charge is 0.507 e. The van der Waals surface area contributed by atoms with Crippen molar-refractivity contribution < 1.29 is 29.3 Å². The van der Waals surface area contributed by atoms with E-state index in [0.29, 0.717) is 11.1 Å². The molecule has 0 heterocycles. The van der Waals surface area contributed by atoms with E-state index >= 15 is 0 Å². The quantitative estimate of drug-likeness (QED) is 0.149. The summed E-state index contributed by atoms with van der Waals surface area (Å²) in [7, 11) is 1.42. The van der Waals surface area contributed by atoms with Crippen molar-refractivity contribution in [3.05, 3.63) is 88.0 Å². The molecule has 0 atom stereocenters. The summed E-state index contributed by atoms with van der Waals surface area (Å²) in [4.78, 5) is 38.9. The van der Waals surface area contributed by atoms with Gasteiger partial charge in [-0.1, -0.05) is 50.6 Å². The average Bonchev–Trinajstić information content (AvgIpc) is 2.90. The van der Waals surface area contributed by atoms with Gasteiger partial charge in [-0.2, -0.15) is 0 Å². The van der Waals surface area contributed by atoms with Crippen molar-refractivity contribution in [2.24, 2.45) is 5.41 Å². The summed E-state index contributed by atoms with van der Waals surface area (Å²) in [5.74, 6) is -1.15. The number of ketones is 3. The van der Waals surface area contributed by atoms with Crippen LogP contribution in [-0.4, -0.2) is 34.7 Å². The smallest absolute Gasteiger partial charge is 0.189 e. The average molecular weight is 529 g/mol. The van der Waals surface area contributed by atoms with Gasteiger partial charge in [-0.3, -0.25) is 14.4 Å². The third-order valence-electron chi connectivity index (χ3n) is 7.06. The van der Waals surface area contributed by atoms with E-state index in [4.69, 9.17) is 4.74 Å². The molecule has 0 spiro atoms. The molecular weight excluding hydrogens is 492 g/mol. The van der Waals surface area contributed by atoms with Crippen LogP contribution in [-0.2, 0) is 9.59 Å². The van der Waals surface area contributed by atoms with Crippen LogP contribution in [0.2, 0.25) is 0 Å². The molecular formula is C33H36O6. The van der Waals surface area contributed by atoms with E-state index in [1.54, 1.807) is 25.1 Å². The zero-order valence-corrected chi connectivity index (χ0v) is 23.2. The number of benzene rings is 2. The summed E-state index contributed by atoms with van der Waals surface area (Å²) in [5, 5.41) is 20.0. The third kappa shape index (κ3) is 7.23. The fraction of sp³-hybridized carbons (Fsp3) is 0.303. The van der Waals surface area contributed by atoms with Crippen LogP contribution in [0.25, 0.3) is 12.2 Å². The summed E-state index contributed by atoms with van der Waals surface area (Å²) in [5.41, 5.74) is 3.44. The number of phenols is 2. The zero-order valence-electron chi connectivity index (χ0n) is 23.2. The molecule has 2 N–H and O–H groups in total. The van der Waals surface area contributed by atoms with Crippen molar-refractivity contribution in [1.82, 2.24) is 0 Å². The van der Waals surface area contributed by atoms with Crippen LogP contribution < -0.4 is 4.74 Å². The minimum Gasteiger partial charge on any atom is -0.507 e. The molecule has 3 rings (SSSR count). The monoisotopic (exact) mass is 528 g/mol. The Morgan fingerprint density at radius 1 is 0.949 bits per heavy atom. The van der Waals surface area contributed by atoms with E-state index in [0.717, 1.165) is 24.8 Å². The predicted molar refractivity (Wildman–Crippen MR) is 154 cm³/mol. The maximum Gasteiger partial charge on any atom is 0.189 e. The molecule has 6 heteroatoms. The first-order chi connectivity index (χ1) is 18.5. The minimum absolute atomic E-state index is 0.0552. The molecule has 0 unspecified atom stereocenters. The predicted octanol–water partition coefficient (Wildman–Crippen LogP) is 7.02. The van der Waals surface area contributed by atoms with Gasteiger partial charge in [0.15, 0.2) is 28.8 Å². The molecule has 39 heavy (non-hydrogen) atoms. The second kappa shape index (κ2) is 12.6. The van der Waals surface area contributed by atoms with Gasteiger partial charge in [-0.15, -0.1) is 0 Å². The van der Waals surface area contributed by atoms with Crippen LogP contribution in [0.15, 0.2) is 71.3 Å². The standard InChI is InChI=1S/C33H36O6/c1-6-27(34)24-18-22(9-13-28(24)35)10-14-29(36)25(19-23-11-15-31(38)32(20-23)39-5)30(37)16-12-26-21(2)8-7-17-33(26,3)4/h9-16,18-20,35,38H,6-8,17H2,1-5H3. The first-order valence-electron chi connectivity index (χ1n) is 13.1. The lowest BCUT2D eigenvalue weighted by Gasteiger charge is -2.32. The van der Waals surface area contributed by atoms with Gasteiger partial charge in [-0.05, 0) is 90.8 Å². The maximum atomic E-state index is 13.4. The number of ether oxygens (including phenoxy) is 1. The van der Waals surface area contributed by atoms with Crippen molar-refractivity contribution in [1.29, 1.82) is 0 Å². The molecule has 2 aromatic carbocycles. The normalized spacial score (nSPS) is 15.7. The molecule has 0 amide bonds. The number of Topliss-reactive ketones (excluding diaryl/α,β-unsaturated/α-hetero) is 1. The Morgan fingerprint density at radius 2 is 1.59 bits per heavy atom. The Bertz CT molecular complexity index is 1400. The van der Waals surface area contributed by atoms with Gasteiger partial charge in [-0.25, -0.2) is 0 Å². The van der Waals surface area contributed by atoms with Gasteiger partial charge < -0.3 is 14.9 Å². The molecule has 1 aliphatic rings. The Balaban J connectivity index is 2.00.